The predicted molar refractivity (Wildman–Crippen MR) is 262 cm³/mol. The van der Waals surface area contributed by atoms with Crippen molar-refractivity contribution in [3.05, 3.63) is 284 Å². The molecule has 0 N–H and O–H groups in total. The van der Waals surface area contributed by atoms with Gasteiger partial charge in [-0.3, -0.25) is 0 Å². The van der Waals surface area contributed by atoms with Gasteiger partial charge < -0.3 is 0 Å². The van der Waals surface area contributed by atoms with E-state index in [2.05, 4.69) is 220 Å². The molecule has 16 rings (SSSR count). The topological polar surface area (TPSA) is 10.9 Å². The van der Waals surface area contributed by atoms with Crippen molar-refractivity contribution in [2.75, 3.05) is 0 Å². The van der Waals surface area contributed by atoms with Gasteiger partial charge in [0.15, 0.2) is 5.92 Å². The molecule has 3 nitrogen and oxygen atoms in total. The van der Waals surface area contributed by atoms with Gasteiger partial charge in [0, 0.05) is 0 Å². The molecule has 0 saturated carbocycles. The first-order chi connectivity index (χ1) is 32.4. The van der Waals surface area contributed by atoms with Crippen LogP contribution < -0.4 is 0 Å². The van der Waals surface area contributed by atoms with Crippen LogP contribution in [0.25, 0.3) is 44.8 Å². The number of aromatic nitrogens is 1. The maximum atomic E-state index is 2.93. The summed E-state index contributed by atoms with van der Waals surface area (Å²) in [6, 6.07) is 73.4. The summed E-state index contributed by atoms with van der Waals surface area (Å²) in [7, 11) is 0. The summed E-state index contributed by atoms with van der Waals surface area (Å²) in [6.07, 6.45) is 6.62. The Bertz CT molecular complexity index is 3530. The number of hydrogen-bond acceptors (Lipinski definition) is 0. The lowest BCUT2D eigenvalue weighted by atomic mass is 9.72. The lowest BCUT2D eigenvalue weighted by molar-refractivity contribution is -0.801. The maximum absolute atomic E-state index is 2.93. The summed E-state index contributed by atoms with van der Waals surface area (Å²) in [4.78, 5) is 0. The molecule has 3 heteroatoms. The number of nitrogens with zero attached hydrogens (tertiary/aromatic N) is 3. The van der Waals surface area contributed by atoms with Crippen molar-refractivity contribution in [1.82, 2.24) is 4.57 Å². The first kappa shape index (κ1) is 34.4. The molecule has 300 valence electrons. The number of allylic oxidation sites excluding steroid dienone is 4. The smallest absolute Gasteiger partial charge is 0.219 e. The number of hydrogen-bond donors (Lipinski definition) is 0. The Labute approximate surface area is 377 Å². The highest BCUT2D eigenvalue weighted by Gasteiger charge is 2.80. The zero-order valence-corrected chi connectivity index (χ0v) is 35.5. The molecule has 7 aromatic carbocycles. The van der Waals surface area contributed by atoms with Gasteiger partial charge in [-0.25, -0.2) is 4.57 Å². The molecule has 2 aliphatic carbocycles. The minimum Gasteiger partial charge on any atom is -0.219 e. The highest BCUT2D eigenvalue weighted by Crippen LogP contribution is 2.70. The van der Waals surface area contributed by atoms with Crippen LogP contribution in [0.4, 0.5) is 0 Å². The maximum Gasteiger partial charge on any atom is 0.465 e. The van der Waals surface area contributed by atoms with Gasteiger partial charge in [0.1, 0.15) is 0 Å². The molecular weight excluding hydrogens is 787 g/mol. The summed E-state index contributed by atoms with van der Waals surface area (Å²) < 4.78 is 8.72. The zero-order chi connectivity index (χ0) is 42.1. The minimum absolute atomic E-state index is 0.0969. The van der Waals surface area contributed by atoms with Crippen LogP contribution >= 0.6 is 0 Å². The molecule has 0 radical (unpaired) electrons. The van der Waals surface area contributed by atoms with Crippen molar-refractivity contribution in [2.45, 2.75) is 18.6 Å². The van der Waals surface area contributed by atoms with Crippen LogP contribution in [0.2, 0.25) is 0 Å². The fourth-order valence-electron chi connectivity index (χ4n) is 13.6. The Morgan fingerprint density at radius 3 is 1.06 bits per heavy atom. The van der Waals surface area contributed by atoms with Crippen molar-refractivity contribution in [1.29, 1.82) is 0 Å². The molecule has 0 fully saturated rings. The molecule has 0 saturated heterocycles. The molecule has 0 amide bonds. The van der Waals surface area contributed by atoms with Crippen molar-refractivity contribution >= 4 is 56.3 Å². The lowest BCUT2D eigenvalue weighted by Crippen LogP contribution is -2.65. The van der Waals surface area contributed by atoms with Crippen LogP contribution in [0, 0.1) is 5.92 Å². The Balaban J connectivity index is 1.24. The third kappa shape index (κ3) is 3.90. The number of benzene rings is 7. The SMILES string of the molecule is C1=CCc2c(c3n4c2C(c2ccccc2)=C2c5ccccc5C5=[N+]2C42C4C(=C(c6ccccc6)C6=[N+]2C(=C3c2ccccc2)c2ccccc26)c2ccccc2C4=C5c2ccccc2)C1. The minimum atomic E-state index is -0.786. The van der Waals surface area contributed by atoms with Crippen molar-refractivity contribution < 1.29 is 9.15 Å². The Morgan fingerprint density at radius 2 is 0.677 bits per heavy atom. The monoisotopic (exact) mass is 825 g/mol. The van der Waals surface area contributed by atoms with Crippen LogP contribution in [0.15, 0.2) is 206 Å². The van der Waals surface area contributed by atoms with Gasteiger partial charge in [0.25, 0.3) is 0 Å². The number of rotatable bonds is 4. The molecule has 8 aromatic rings. The zero-order valence-electron chi connectivity index (χ0n) is 35.5. The molecule has 0 atom stereocenters. The van der Waals surface area contributed by atoms with Crippen LogP contribution in [0.1, 0.15) is 78.1 Å². The number of fused-ring (bicyclic) bond motifs is 12. The molecular formula is C62H39N3+2. The Kier molecular flexibility index (Phi) is 6.40. The molecule has 1 aromatic heterocycles. The highest BCUT2D eigenvalue weighted by molar-refractivity contribution is 6.44. The second kappa shape index (κ2) is 12.1. The van der Waals surface area contributed by atoms with E-state index < -0.39 is 5.79 Å². The van der Waals surface area contributed by atoms with Gasteiger partial charge in [-0.05, 0) is 92.8 Å². The van der Waals surface area contributed by atoms with Gasteiger partial charge in [-0.15, -0.1) is 9.15 Å². The van der Waals surface area contributed by atoms with E-state index in [4.69, 9.17) is 0 Å². The van der Waals surface area contributed by atoms with E-state index in [0.29, 0.717) is 0 Å². The second-order valence-electron chi connectivity index (χ2n) is 18.5. The van der Waals surface area contributed by atoms with E-state index >= 15 is 0 Å². The molecule has 65 heavy (non-hydrogen) atoms. The van der Waals surface area contributed by atoms with Gasteiger partial charge in [0.05, 0.1) is 55.9 Å². The first-order valence-corrected chi connectivity index (χ1v) is 23.1. The van der Waals surface area contributed by atoms with Gasteiger partial charge in [-0.2, -0.15) is 0 Å². The quantitative estimate of drug-likeness (QED) is 0.124. The molecule has 0 unspecified atom stereocenters. The third-order valence-corrected chi connectivity index (χ3v) is 15.6. The van der Waals surface area contributed by atoms with Gasteiger partial charge in [-0.1, -0.05) is 182 Å². The molecule has 0 bridgehead atoms. The van der Waals surface area contributed by atoms with Gasteiger partial charge >= 0.3 is 5.79 Å². The van der Waals surface area contributed by atoms with Crippen LogP contribution in [-0.4, -0.2) is 25.1 Å². The van der Waals surface area contributed by atoms with Crippen molar-refractivity contribution in [3.8, 4) is 0 Å². The average molecular weight is 826 g/mol. The molecule has 8 aliphatic rings. The lowest BCUT2D eigenvalue weighted by Gasteiger charge is -2.45. The fourth-order valence-corrected chi connectivity index (χ4v) is 13.6. The third-order valence-electron chi connectivity index (χ3n) is 15.6. The fraction of sp³-hybridized carbons (Fsp3) is 0.0645. The van der Waals surface area contributed by atoms with E-state index in [1.165, 1.54) is 134 Å². The van der Waals surface area contributed by atoms with Crippen molar-refractivity contribution in [2.24, 2.45) is 5.92 Å². The van der Waals surface area contributed by atoms with Gasteiger partial charge in [0.2, 0.25) is 22.8 Å². The molecule has 7 heterocycles. The van der Waals surface area contributed by atoms with Crippen LogP contribution in [0.3, 0.4) is 0 Å². The van der Waals surface area contributed by atoms with E-state index in [1.807, 2.05) is 0 Å². The summed E-state index contributed by atoms with van der Waals surface area (Å²) in [5.74, 6) is -0.882. The highest BCUT2D eigenvalue weighted by atomic mass is 15.5. The first-order valence-electron chi connectivity index (χ1n) is 23.1. The normalized spacial score (nSPS) is 20.6. The van der Waals surface area contributed by atoms with Crippen LogP contribution in [-0.2, 0) is 18.6 Å². The molecule has 6 aliphatic heterocycles. The summed E-state index contributed by atoms with van der Waals surface area (Å²) in [6.45, 7) is 0. The van der Waals surface area contributed by atoms with Crippen molar-refractivity contribution in [3.63, 3.8) is 0 Å². The largest absolute Gasteiger partial charge is 0.465 e. The van der Waals surface area contributed by atoms with E-state index in [0.717, 1.165) is 12.8 Å². The van der Waals surface area contributed by atoms with E-state index in [-0.39, 0.29) is 5.92 Å². The molecule has 1 spiro atoms. The summed E-state index contributed by atoms with van der Waals surface area (Å²) in [5.41, 5.74) is 31.8. The van der Waals surface area contributed by atoms with Crippen LogP contribution in [0.5, 0.6) is 0 Å². The second-order valence-corrected chi connectivity index (χ2v) is 18.5. The predicted octanol–water partition coefficient (Wildman–Crippen LogP) is 12.4. The van der Waals surface area contributed by atoms with E-state index in [9.17, 15) is 0 Å². The Hall–Kier alpha value is -8.14. The summed E-state index contributed by atoms with van der Waals surface area (Å²) >= 11 is 0. The average Bonchev–Trinajstić information content (AvgIpc) is 4.12. The summed E-state index contributed by atoms with van der Waals surface area (Å²) in [5, 5.41) is 0. The standard InChI is InChI=1S/C62H39N3/c1-5-21-37(22-6-1)49-53-41-29-13-14-30-42(41)54-50(38-23-7-2-8-24-38)57-44-32-16-18-34-46(44)59-52(40-27-11-4-12-28-40)61-48-36-20-19-35-47(48)60-51(39-25-9-3-10-26-39)58-45-33-17-15-31-43(45)56(49)63(58)62(55(53)54,64(57)59)65(60)61/h1-34,55H,35-36H2/q+2. The Morgan fingerprint density at radius 1 is 0.354 bits per heavy atom. The van der Waals surface area contributed by atoms with E-state index in [1.54, 1.807) is 0 Å².